The van der Waals surface area contributed by atoms with Gasteiger partial charge in [-0.3, -0.25) is 0 Å². The van der Waals surface area contributed by atoms with Crippen molar-refractivity contribution in [2.45, 2.75) is 39.8 Å². The molecule has 0 aliphatic heterocycles. The van der Waals surface area contributed by atoms with Gasteiger partial charge in [-0.1, -0.05) is 12.1 Å². The number of aromatic nitrogens is 2. The molecule has 3 heterocycles. The highest BCUT2D eigenvalue weighted by Gasteiger charge is 2.29. The Hall–Kier alpha value is -3.41. The van der Waals surface area contributed by atoms with Crippen LogP contribution < -0.4 is 4.57 Å². The predicted octanol–water partition coefficient (Wildman–Crippen LogP) is 7.05. The molecule has 0 radical (unpaired) electrons. The Balaban J connectivity index is 1.85. The third kappa shape index (κ3) is 3.63. The molecule has 5 rings (SSSR count). The van der Waals surface area contributed by atoms with E-state index in [2.05, 4.69) is 11.1 Å². The lowest BCUT2D eigenvalue weighted by Crippen LogP contribution is -2.33. The first-order valence-corrected chi connectivity index (χ1v) is 10.9. The van der Waals surface area contributed by atoms with E-state index in [1.807, 2.05) is 74.9 Å². The molecule has 0 aliphatic carbocycles. The number of aryl methyl sites for hydroxylation is 4. The predicted molar refractivity (Wildman–Crippen MR) is 124 cm³/mol. The Morgan fingerprint density at radius 2 is 1.70 bits per heavy atom. The van der Waals surface area contributed by atoms with E-state index in [0.717, 1.165) is 49.8 Å². The van der Waals surface area contributed by atoms with Gasteiger partial charge in [0.15, 0.2) is 5.58 Å². The van der Waals surface area contributed by atoms with E-state index in [-0.39, 0.29) is 6.42 Å². The largest absolute Gasteiger partial charge is 0.437 e. The molecule has 2 aromatic carbocycles. The Kier molecular flexibility index (Phi) is 4.92. The van der Waals surface area contributed by atoms with Gasteiger partial charge in [0.2, 0.25) is 16.9 Å². The van der Waals surface area contributed by atoms with Crippen LogP contribution in [0.5, 0.6) is 0 Å². The number of pyridine rings is 2. The number of hydrogen-bond donors (Lipinski definition) is 0. The summed E-state index contributed by atoms with van der Waals surface area (Å²) in [5.41, 5.74) is 7.53. The smallest absolute Gasteiger partial charge is 0.389 e. The number of para-hydroxylation sites is 1. The lowest BCUT2D eigenvalue weighted by Gasteiger charge is -2.13. The van der Waals surface area contributed by atoms with Crippen LogP contribution in [0.3, 0.4) is 0 Å². The second kappa shape index (κ2) is 7.58. The van der Waals surface area contributed by atoms with Gasteiger partial charge < -0.3 is 4.42 Å². The van der Waals surface area contributed by atoms with Gasteiger partial charge in [-0.15, -0.1) is 0 Å². The van der Waals surface area contributed by atoms with Gasteiger partial charge in [0.1, 0.15) is 7.05 Å². The van der Waals surface area contributed by atoms with Crippen molar-refractivity contribution in [3.05, 3.63) is 70.9 Å². The first-order valence-electron chi connectivity index (χ1n) is 10.9. The molecule has 0 atom stereocenters. The number of halogens is 3. The number of fused-ring (bicyclic) bond motifs is 4. The molecule has 6 heteroatoms. The minimum Gasteiger partial charge on any atom is -0.437 e. The van der Waals surface area contributed by atoms with Crippen molar-refractivity contribution in [1.82, 2.24) is 4.98 Å². The average Bonchev–Trinajstić information content (AvgIpc) is 3.11. The lowest BCUT2D eigenvalue weighted by molar-refractivity contribution is -0.633. The van der Waals surface area contributed by atoms with Crippen LogP contribution >= 0.6 is 0 Å². The van der Waals surface area contributed by atoms with Crippen LogP contribution in [-0.4, -0.2) is 11.2 Å². The van der Waals surface area contributed by atoms with Gasteiger partial charge >= 0.3 is 6.18 Å². The van der Waals surface area contributed by atoms with Crippen molar-refractivity contribution < 1.29 is 22.2 Å². The van der Waals surface area contributed by atoms with Gasteiger partial charge in [-0.2, -0.15) is 17.7 Å². The third-order valence-electron chi connectivity index (χ3n) is 6.51. The SMILES string of the molecule is Cc1ccc2c(n1)oc1c(-c3cc(CCC(F)(F)F)c4ccccc4[n+]3C)c(C)c(C)cc12. The quantitative estimate of drug-likeness (QED) is 0.276. The van der Waals surface area contributed by atoms with E-state index in [1.165, 1.54) is 0 Å². The number of rotatable bonds is 3. The molecule has 0 saturated heterocycles. The third-order valence-corrected chi connectivity index (χ3v) is 6.51. The van der Waals surface area contributed by atoms with Crippen LogP contribution in [0.1, 0.15) is 28.8 Å². The minimum atomic E-state index is -4.21. The zero-order valence-corrected chi connectivity index (χ0v) is 19.0. The summed E-state index contributed by atoms with van der Waals surface area (Å²) in [5.74, 6) is 0. The summed E-state index contributed by atoms with van der Waals surface area (Å²) < 4.78 is 47.6. The maximum Gasteiger partial charge on any atom is 0.389 e. The molecule has 0 spiro atoms. The fraction of sp³-hybridized carbons (Fsp3) is 0.259. The van der Waals surface area contributed by atoms with E-state index >= 15 is 0 Å². The summed E-state index contributed by atoms with van der Waals surface area (Å²) in [4.78, 5) is 4.55. The van der Waals surface area contributed by atoms with Crippen LogP contribution in [0.4, 0.5) is 13.2 Å². The molecule has 5 aromatic rings. The molecule has 0 N–H and O–H groups in total. The number of nitrogens with zero attached hydrogens (tertiary/aromatic N) is 2. The molecule has 3 aromatic heterocycles. The van der Waals surface area contributed by atoms with Crippen molar-refractivity contribution in [3.63, 3.8) is 0 Å². The fourth-order valence-electron chi connectivity index (χ4n) is 4.65. The Morgan fingerprint density at radius 3 is 2.45 bits per heavy atom. The molecule has 0 aliphatic rings. The van der Waals surface area contributed by atoms with Crippen molar-refractivity contribution in [1.29, 1.82) is 0 Å². The Labute approximate surface area is 189 Å². The van der Waals surface area contributed by atoms with Gasteiger partial charge in [-0.05, 0) is 68.1 Å². The topological polar surface area (TPSA) is 29.9 Å². The molecule has 168 valence electrons. The van der Waals surface area contributed by atoms with E-state index in [0.29, 0.717) is 16.9 Å². The zero-order valence-electron chi connectivity index (χ0n) is 19.0. The highest BCUT2D eigenvalue weighted by atomic mass is 19.4. The second-order valence-corrected chi connectivity index (χ2v) is 8.72. The number of furan rings is 1. The van der Waals surface area contributed by atoms with Crippen molar-refractivity contribution in [3.8, 4) is 11.3 Å². The van der Waals surface area contributed by atoms with Gasteiger partial charge in [-0.25, -0.2) is 4.98 Å². The Bertz CT molecular complexity index is 1550. The summed E-state index contributed by atoms with van der Waals surface area (Å²) in [7, 11) is 1.95. The number of benzene rings is 2. The van der Waals surface area contributed by atoms with Crippen LogP contribution in [-0.2, 0) is 13.5 Å². The lowest BCUT2D eigenvalue weighted by atomic mass is 9.94. The molecule has 0 unspecified atom stereocenters. The normalized spacial score (nSPS) is 12.3. The van der Waals surface area contributed by atoms with Crippen LogP contribution in [0.25, 0.3) is 44.2 Å². The van der Waals surface area contributed by atoms with E-state index in [9.17, 15) is 13.2 Å². The van der Waals surface area contributed by atoms with Crippen LogP contribution in [0, 0.1) is 20.8 Å². The molecular weight excluding hydrogens is 425 g/mol. The highest BCUT2D eigenvalue weighted by Crippen LogP contribution is 2.39. The summed E-state index contributed by atoms with van der Waals surface area (Å²) in [6, 6.07) is 15.6. The average molecular weight is 449 g/mol. The first-order chi connectivity index (χ1) is 15.6. The molecule has 0 fully saturated rings. The second-order valence-electron chi connectivity index (χ2n) is 8.72. The summed E-state index contributed by atoms with van der Waals surface area (Å²) >= 11 is 0. The standard InChI is InChI=1S/C27H24F3N2O/c1-15-13-21-20-10-9-16(2)31-26(20)33-25(21)24(17(15)3)23-14-18(11-12-27(28,29)30)19-7-5-6-8-22(19)32(23)4/h5-10,13-14H,11-12H2,1-4H3/q+1. The van der Waals surface area contributed by atoms with Crippen molar-refractivity contribution in [2.75, 3.05) is 0 Å². The van der Waals surface area contributed by atoms with Crippen LogP contribution in [0.2, 0.25) is 0 Å². The van der Waals surface area contributed by atoms with E-state index in [1.54, 1.807) is 0 Å². The van der Waals surface area contributed by atoms with Gasteiger partial charge in [0.05, 0.1) is 5.56 Å². The van der Waals surface area contributed by atoms with Gasteiger partial charge in [0, 0.05) is 40.4 Å². The first kappa shape index (κ1) is 21.4. The van der Waals surface area contributed by atoms with E-state index < -0.39 is 12.6 Å². The molecule has 0 saturated carbocycles. The molecular formula is C27H24F3N2O+. The summed E-state index contributed by atoms with van der Waals surface area (Å²) in [6.07, 6.45) is -5.15. The zero-order chi connectivity index (χ0) is 23.5. The maximum absolute atomic E-state index is 13.1. The minimum absolute atomic E-state index is 0.0766. The van der Waals surface area contributed by atoms with Crippen molar-refractivity contribution >= 4 is 33.0 Å². The highest BCUT2D eigenvalue weighted by molar-refractivity contribution is 6.09. The monoisotopic (exact) mass is 449 g/mol. The molecule has 0 bridgehead atoms. The number of hydrogen-bond acceptors (Lipinski definition) is 2. The van der Waals surface area contributed by atoms with E-state index in [4.69, 9.17) is 4.42 Å². The number of alkyl halides is 3. The molecule has 33 heavy (non-hydrogen) atoms. The van der Waals surface area contributed by atoms with Crippen LogP contribution in [0.15, 0.2) is 52.9 Å². The fourth-order valence-corrected chi connectivity index (χ4v) is 4.65. The van der Waals surface area contributed by atoms with Gasteiger partial charge in [0.25, 0.3) is 0 Å². The maximum atomic E-state index is 13.1. The summed E-state index contributed by atoms with van der Waals surface area (Å²) in [5, 5.41) is 2.72. The van der Waals surface area contributed by atoms with Crippen molar-refractivity contribution in [2.24, 2.45) is 7.05 Å². The molecule has 3 nitrogen and oxygen atoms in total. The Morgan fingerprint density at radius 1 is 0.939 bits per heavy atom. The molecule has 0 amide bonds. The summed E-state index contributed by atoms with van der Waals surface area (Å²) in [6.45, 7) is 5.99.